The van der Waals surface area contributed by atoms with Crippen LogP contribution in [0, 0.1) is 0 Å². The summed E-state index contributed by atoms with van der Waals surface area (Å²) in [4.78, 5) is 22.1. The maximum atomic E-state index is 11.1. The summed E-state index contributed by atoms with van der Waals surface area (Å²) in [6, 6.07) is 10.6. The Morgan fingerprint density at radius 2 is 2.00 bits per heavy atom. The third-order valence-electron chi connectivity index (χ3n) is 3.53. The first-order valence-electron chi connectivity index (χ1n) is 6.65. The molecule has 0 radical (unpaired) electrons. The normalized spacial score (nSPS) is 19.5. The predicted molar refractivity (Wildman–Crippen MR) is 74.7 cm³/mol. The lowest BCUT2D eigenvalue weighted by Gasteiger charge is -2.18. The highest BCUT2D eigenvalue weighted by molar-refractivity contribution is 5.99. The Hall–Kier alpha value is -2.24. The zero-order valence-corrected chi connectivity index (χ0v) is 11.2. The number of aliphatic hydroxyl groups excluding tert-OH is 1. The van der Waals surface area contributed by atoms with Gasteiger partial charge in [-0.25, -0.2) is 0 Å². The van der Waals surface area contributed by atoms with Crippen molar-refractivity contribution in [1.82, 2.24) is 0 Å². The van der Waals surface area contributed by atoms with Crippen LogP contribution in [0.4, 0.5) is 0 Å². The average molecular weight is 286 g/mol. The van der Waals surface area contributed by atoms with Gasteiger partial charge in [-0.1, -0.05) is 36.4 Å². The fourth-order valence-corrected chi connectivity index (χ4v) is 2.50. The van der Waals surface area contributed by atoms with Crippen molar-refractivity contribution >= 4 is 23.0 Å². The minimum atomic E-state index is -1.17. The molecular weight excluding hydrogens is 272 g/mol. The van der Waals surface area contributed by atoms with Gasteiger partial charge in [0.2, 0.25) is 0 Å². The Labute approximate surface area is 121 Å². The van der Waals surface area contributed by atoms with Crippen molar-refractivity contribution in [3.8, 4) is 0 Å². The Balaban J connectivity index is 1.93. The van der Waals surface area contributed by atoms with Crippen molar-refractivity contribution in [1.29, 1.82) is 0 Å². The molecule has 1 heterocycles. The van der Waals surface area contributed by atoms with Crippen LogP contribution in [0.25, 0.3) is 10.8 Å². The lowest BCUT2D eigenvalue weighted by molar-refractivity contribution is -0.139. The molecule has 5 nitrogen and oxygen atoms in total. The second kappa shape index (κ2) is 5.63. The molecule has 1 saturated heterocycles. The molecule has 108 valence electrons. The van der Waals surface area contributed by atoms with E-state index in [1.54, 1.807) is 12.1 Å². The van der Waals surface area contributed by atoms with E-state index >= 15 is 0 Å². The summed E-state index contributed by atoms with van der Waals surface area (Å²) in [6.45, 7) is 0.153. The molecule has 2 aromatic rings. The van der Waals surface area contributed by atoms with Gasteiger partial charge >= 0.3 is 5.97 Å². The Bertz CT molecular complexity index is 694. The molecule has 2 atom stereocenters. The number of esters is 1. The van der Waals surface area contributed by atoms with Gasteiger partial charge in [-0.15, -0.1) is 0 Å². The van der Waals surface area contributed by atoms with E-state index < -0.39 is 12.4 Å². The third-order valence-corrected chi connectivity index (χ3v) is 3.53. The number of hydrogen-bond donors (Lipinski definition) is 1. The minimum Gasteiger partial charge on any atom is -0.463 e. The van der Waals surface area contributed by atoms with Crippen molar-refractivity contribution in [3.63, 3.8) is 0 Å². The van der Waals surface area contributed by atoms with Gasteiger partial charge in [0.25, 0.3) is 0 Å². The first-order chi connectivity index (χ1) is 10.2. The molecule has 1 aliphatic rings. The summed E-state index contributed by atoms with van der Waals surface area (Å²) >= 11 is 0. The molecule has 3 rings (SSSR count). The second-order valence-corrected chi connectivity index (χ2v) is 4.91. The first-order valence-corrected chi connectivity index (χ1v) is 6.65. The van der Waals surface area contributed by atoms with Crippen LogP contribution in [-0.4, -0.2) is 30.1 Å². The molecule has 21 heavy (non-hydrogen) atoms. The van der Waals surface area contributed by atoms with E-state index in [4.69, 9.17) is 9.47 Å². The van der Waals surface area contributed by atoms with Crippen molar-refractivity contribution < 1.29 is 24.2 Å². The lowest BCUT2D eigenvalue weighted by atomic mass is 10.00. The molecule has 0 spiro atoms. The van der Waals surface area contributed by atoms with Gasteiger partial charge in [-0.2, -0.15) is 0 Å². The van der Waals surface area contributed by atoms with E-state index in [0.29, 0.717) is 11.1 Å². The van der Waals surface area contributed by atoms with Gasteiger partial charge in [-0.05, 0) is 10.8 Å². The van der Waals surface area contributed by atoms with E-state index in [0.717, 1.165) is 17.1 Å². The van der Waals surface area contributed by atoms with Crippen LogP contribution in [-0.2, 0) is 14.3 Å². The summed E-state index contributed by atoms with van der Waals surface area (Å²) < 4.78 is 10.3. The Morgan fingerprint density at radius 3 is 2.67 bits per heavy atom. The highest BCUT2D eigenvalue weighted by Gasteiger charge is 2.27. The molecule has 0 aromatic heterocycles. The monoisotopic (exact) mass is 286 g/mol. The van der Waals surface area contributed by atoms with Crippen molar-refractivity contribution in [2.45, 2.75) is 18.8 Å². The number of aldehydes is 1. The largest absolute Gasteiger partial charge is 0.463 e. The van der Waals surface area contributed by atoms with Crippen LogP contribution in [0.2, 0.25) is 0 Å². The van der Waals surface area contributed by atoms with Gasteiger partial charge in [0.15, 0.2) is 12.6 Å². The molecule has 1 N–H and O–H groups in total. The maximum absolute atomic E-state index is 11.1. The van der Waals surface area contributed by atoms with E-state index in [1.807, 2.05) is 24.3 Å². The number of benzene rings is 2. The number of carbonyl (C=O) groups is 2. The van der Waals surface area contributed by atoms with E-state index in [2.05, 4.69) is 0 Å². The molecule has 5 heteroatoms. The zero-order valence-electron chi connectivity index (χ0n) is 11.2. The molecule has 1 fully saturated rings. The molecular formula is C16H14O5. The zero-order chi connectivity index (χ0) is 14.8. The fraction of sp³-hybridized carbons (Fsp3) is 0.250. The summed E-state index contributed by atoms with van der Waals surface area (Å²) in [6.07, 6.45) is -0.698. The van der Waals surface area contributed by atoms with E-state index in [1.165, 1.54) is 0 Å². The van der Waals surface area contributed by atoms with Crippen LogP contribution in [0.3, 0.4) is 0 Å². The number of fused-ring (bicyclic) bond motifs is 1. The number of ether oxygens (including phenoxy) is 2. The molecule has 0 aliphatic carbocycles. The Kier molecular flexibility index (Phi) is 3.68. The lowest BCUT2D eigenvalue weighted by Crippen LogP contribution is -2.17. The van der Waals surface area contributed by atoms with Crippen molar-refractivity contribution in [2.75, 3.05) is 6.61 Å². The summed E-state index contributed by atoms with van der Waals surface area (Å²) in [5.41, 5.74) is 1.12. The standard InChI is InChI=1S/C16H14O5/c17-8-10-5-6-14(13-4-2-1-3-12(10)13)16(19)21-11-7-15(18)20-9-11/h1-6,8,11,16,19H,7,9H2. The molecule has 2 unspecified atom stereocenters. The highest BCUT2D eigenvalue weighted by atomic mass is 16.6. The van der Waals surface area contributed by atoms with Crippen LogP contribution in [0.1, 0.15) is 28.6 Å². The predicted octanol–water partition coefficient (Wildman–Crippen LogP) is 1.98. The van der Waals surface area contributed by atoms with Gasteiger partial charge in [0.05, 0.1) is 6.42 Å². The minimum absolute atomic E-state index is 0.140. The summed E-state index contributed by atoms with van der Waals surface area (Å²) in [7, 11) is 0. The maximum Gasteiger partial charge on any atom is 0.308 e. The average Bonchev–Trinajstić information content (AvgIpc) is 2.91. The Morgan fingerprint density at radius 1 is 1.24 bits per heavy atom. The topological polar surface area (TPSA) is 72.8 Å². The van der Waals surface area contributed by atoms with Crippen molar-refractivity contribution in [2.24, 2.45) is 0 Å². The molecule has 0 amide bonds. The molecule has 0 saturated carbocycles. The first kappa shape index (κ1) is 13.7. The smallest absolute Gasteiger partial charge is 0.308 e. The quantitative estimate of drug-likeness (QED) is 0.528. The number of aliphatic hydroxyl groups is 1. The van der Waals surface area contributed by atoms with Crippen LogP contribution < -0.4 is 0 Å². The third kappa shape index (κ3) is 2.66. The van der Waals surface area contributed by atoms with Gasteiger partial charge in [-0.3, -0.25) is 9.59 Å². The SMILES string of the molecule is O=Cc1ccc(C(O)OC2COC(=O)C2)c2ccccc12. The molecule has 0 bridgehead atoms. The summed E-state index contributed by atoms with van der Waals surface area (Å²) in [5.74, 6) is -0.326. The second-order valence-electron chi connectivity index (χ2n) is 4.91. The molecule has 2 aromatic carbocycles. The van der Waals surface area contributed by atoms with Crippen LogP contribution in [0.15, 0.2) is 36.4 Å². The number of rotatable bonds is 4. The van der Waals surface area contributed by atoms with Gasteiger partial charge < -0.3 is 14.6 Å². The van der Waals surface area contributed by atoms with Gasteiger partial charge in [0, 0.05) is 11.1 Å². The highest BCUT2D eigenvalue weighted by Crippen LogP contribution is 2.29. The molecule has 1 aliphatic heterocycles. The van der Waals surface area contributed by atoms with Gasteiger partial charge in [0.1, 0.15) is 12.7 Å². The van der Waals surface area contributed by atoms with Crippen LogP contribution in [0.5, 0.6) is 0 Å². The number of cyclic esters (lactones) is 1. The van der Waals surface area contributed by atoms with Crippen LogP contribution >= 0.6 is 0 Å². The fourth-order valence-electron chi connectivity index (χ4n) is 2.50. The van der Waals surface area contributed by atoms with E-state index in [-0.39, 0.29) is 19.0 Å². The number of hydrogen-bond acceptors (Lipinski definition) is 5. The van der Waals surface area contributed by atoms with Crippen molar-refractivity contribution in [3.05, 3.63) is 47.5 Å². The summed E-state index contributed by atoms with van der Waals surface area (Å²) in [5, 5.41) is 11.8. The van der Waals surface area contributed by atoms with E-state index in [9.17, 15) is 14.7 Å². The number of carbonyl (C=O) groups excluding carboxylic acids is 2.